The van der Waals surface area contributed by atoms with Gasteiger partial charge >= 0.3 is 12.5 Å². The minimum absolute atomic E-state index is 0.260. The maximum Gasteiger partial charge on any atom is 0.573 e. The third kappa shape index (κ3) is 9.15. The van der Waals surface area contributed by atoms with Gasteiger partial charge in [-0.1, -0.05) is 81.8 Å². The number of ether oxygens (including phenoxy) is 2. The van der Waals surface area contributed by atoms with Gasteiger partial charge in [0.2, 0.25) is 0 Å². The van der Waals surface area contributed by atoms with Gasteiger partial charge in [-0.25, -0.2) is 0 Å². The first-order valence-corrected chi connectivity index (χ1v) is 11.1. The Morgan fingerprint density at radius 1 is 0.750 bits per heavy atom. The summed E-state index contributed by atoms with van der Waals surface area (Å²) in [6.45, 7) is 3.61. The van der Waals surface area contributed by atoms with Crippen LogP contribution in [0.2, 0.25) is 0 Å². The highest BCUT2D eigenvalue weighted by atomic mass is 19.4. The van der Waals surface area contributed by atoms with E-state index in [2.05, 4.69) is 11.7 Å². The van der Waals surface area contributed by atoms with Crippen LogP contribution in [0.3, 0.4) is 0 Å². The van der Waals surface area contributed by atoms with E-state index in [4.69, 9.17) is 4.74 Å². The standard InChI is InChI=1S/C25H31F5O2/c1-3-4-5-6-7-8-9-10-20-11-15-22(16-12-20)24(26,27)31-19(2)21-13-17-23(18-14-21)32-25(28,29)30/h11-19H,3-10H2,1-2H3. The molecule has 0 spiro atoms. The molecule has 0 radical (unpaired) electrons. The summed E-state index contributed by atoms with van der Waals surface area (Å²) < 4.78 is 74.6. The number of halogens is 5. The first-order chi connectivity index (χ1) is 15.1. The number of hydrogen-bond acceptors (Lipinski definition) is 2. The third-order valence-corrected chi connectivity index (χ3v) is 5.27. The van der Waals surface area contributed by atoms with Crippen LogP contribution in [-0.2, 0) is 17.3 Å². The lowest BCUT2D eigenvalue weighted by molar-refractivity contribution is -0.274. The van der Waals surface area contributed by atoms with Gasteiger partial charge in [-0.2, -0.15) is 8.78 Å². The maximum absolute atomic E-state index is 14.6. The lowest BCUT2D eigenvalue weighted by Crippen LogP contribution is -2.20. The summed E-state index contributed by atoms with van der Waals surface area (Å²) in [4.78, 5) is 0. The summed E-state index contributed by atoms with van der Waals surface area (Å²) in [6, 6.07) is 10.8. The lowest BCUT2D eigenvalue weighted by Gasteiger charge is -2.22. The van der Waals surface area contributed by atoms with E-state index in [0.717, 1.165) is 37.0 Å². The molecule has 2 aromatic carbocycles. The molecule has 2 rings (SSSR count). The van der Waals surface area contributed by atoms with Crippen LogP contribution in [-0.4, -0.2) is 6.36 Å². The molecule has 0 bridgehead atoms. The van der Waals surface area contributed by atoms with Gasteiger partial charge in [0, 0.05) is 0 Å². The highest BCUT2D eigenvalue weighted by Gasteiger charge is 2.35. The largest absolute Gasteiger partial charge is 0.573 e. The first kappa shape index (κ1) is 26.1. The smallest absolute Gasteiger partial charge is 0.406 e. The predicted molar refractivity (Wildman–Crippen MR) is 115 cm³/mol. The summed E-state index contributed by atoms with van der Waals surface area (Å²) in [6.07, 6.45) is -0.145. The molecule has 7 heteroatoms. The topological polar surface area (TPSA) is 18.5 Å². The van der Waals surface area contributed by atoms with Crippen molar-refractivity contribution in [2.24, 2.45) is 0 Å². The first-order valence-electron chi connectivity index (χ1n) is 11.1. The van der Waals surface area contributed by atoms with Crippen molar-refractivity contribution in [1.29, 1.82) is 0 Å². The minimum atomic E-state index is -4.81. The number of rotatable bonds is 13. The highest BCUT2D eigenvalue weighted by Crippen LogP contribution is 2.36. The Balaban J connectivity index is 1.85. The number of benzene rings is 2. The second kappa shape index (κ2) is 12.2. The van der Waals surface area contributed by atoms with Crippen LogP contribution in [0, 0.1) is 0 Å². The molecule has 0 heterocycles. The van der Waals surface area contributed by atoms with Crippen LogP contribution < -0.4 is 4.74 Å². The number of alkyl halides is 5. The average molecular weight is 459 g/mol. The minimum Gasteiger partial charge on any atom is -0.406 e. The molecule has 0 N–H and O–H groups in total. The SMILES string of the molecule is CCCCCCCCCc1ccc(C(F)(F)OC(C)c2ccc(OC(F)(F)F)cc2)cc1. The van der Waals surface area contributed by atoms with Gasteiger partial charge in [0.05, 0.1) is 11.7 Å². The van der Waals surface area contributed by atoms with E-state index in [1.165, 1.54) is 63.3 Å². The molecule has 2 aromatic rings. The molecule has 0 aliphatic rings. The number of hydrogen-bond donors (Lipinski definition) is 0. The Bertz CT molecular complexity index is 785. The summed E-state index contributed by atoms with van der Waals surface area (Å²) >= 11 is 0. The quantitative estimate of drug-likeness (QED) is 0.221. The average Bonchev–Trinajstić information content (AvgIpc) is 2.72. The molecule has 1 unspecified atom stereocenters. The molecule has 32 heavy (non-hydrogen) atoms. The van der Waals surface area contributed by atoms with E-state index < -0.39 is 24.3 Å². The van der Waals surface area contributed by atoms with Gasteiger partial charge in [-0.05, 0) is 43.0 Å². The van der Waals surface area contributed by atoms with E-state index in [0.29, 0.717) is 5.56 Å². The maximum atomic E-state index is 14.6. The second-order valence-electron chi connectivity index (χ2n) is 7.96. The molecule has 178 valence electrons. The monoisotopic (exact) mass is 458 g/mol. The van der Waals surface area contributed by atoms with E-state index in [1.54, 1.807) is 12.1 Å². The molecule has 0 aliphatic heterocycles. The Kier molecular flexibility index (Phi) is 9.94. The zero-order chi connectivity index (χ0) is 23.6. The Morgan fingerprint density at radius 3 is 1.88 bits per heavy atom. The highest BCUT2D eigenvalue weighted by molar-refractivity contribution is 5.29. The van der Waals surface area contributed by atoms with Crippen molar-refractivity contribution in [3.63, 3.8) is 0 Å². The van der Waals surface area contributed by atoms with Crippen LogP contribution >= 0.6 is 0 Å². The van der Waals surface area contributed by atoms with Crippen molar-refractivity contribution < 1.29 is 31.4 Å². The molecule has 1 atom stereocenters. The van der Waals surface area contributed by atoms with Gasteiger partial charge in [-0.15, -0.1) is 13.2 Å². The molecular weight excluding hydrogens is 427 g/mol. The molecule has 0 aliphatic carbocycles. The van der Waals surface area contributed by atoms with Crippen LogP contribution in [0.4, 0.5) is 22.0 Å². The molecule has 0 saturated carbocycles. The molecule has 0 aromatic heterocycles. The predicted octanol–water partition coefficient (Wildman–Crippen LogP) is 8.71. The second-order valence-corrected chi connectivity index (χ2v) is 7.96. The zero-order valence-electron chi connectivity index (χ0n) is 18.6. The fourth-order valence-corrected chi connectivity index (χ4v) is 3.45. The molecule has 0 amide bonds. The fraction of sp³-hybridized carbons (Fsp3) is 0.520. The van der Waals surface area contributed by atoms with Gasteiger partial charge in [-0.3, -0.25) is 0 Å². The van der Waals surface area contributed by atoms with Crippen molar-refractivity contribution in [1.82, 2.24) is 0 Å². The van der Waals surface area contributed by atoms with Crippen LogP contribution in [0.25, 0.3) is 0 Å². The van der Waals surface area contributed by atoms with Crippen LogP contribution in [0.5, 0.6) is 5.75 Å². The van der Waals surface area contributed by atoms with Crippen molar-refractivity contribution in [2.75, 3.05) is 0 Å². The van der Waals surface area contributed by atoms with Crippen LogP contribution in [0.15, 0.2) is 48.5 Å². The summed E-state index contributed by atoms with van der Waals surface area (Å²) in [7, 11) is 0. The van der Waals surface area contributed by atoms with Gasteiger partial charge < -0.3 is 9.47 Å². The van der Waals surface area contributed by atoms with Crippen molar-refractivity contribution in [3.8, 4) is 5.75 Å². The van der Waals surface area contributed by atoms with E-state index in [-0.39, 0.29) is 5.56 Å². The summed E-state index contributed by atoms with van der Waals surface area (Å²) in [5.41, 5.74) is 1.06. The van der Waals surface area contributed by atoms with E-state index in [1.807, 2.05) is 0 Å². The van der Waals surface area contributed by atoms with Gasteiger partial charge in [0.1, 0.15) is 5.75 Å². The number of aryl methyl sites for hydroxylation is 1. The van der Waals surface area contributed by atoms with Crippen molar-refractivity contribution >= 4 is 0 Å². The molecule has 2 nitrogen and oxygen atoms in total. The Hall–Kier alpha value is -2.15. The molecular formula is C25H31F5O2. The van der Waals surface area contributed by atoms with Crippen LogP contribution in [0.1, 0.15) is 81.6 Å². The zero-order valence-corrected chi connectivity index (χ0v) is 18.6. The third-order valence-electron chi connectivity index (χ3n) is 5.27. The van der Waals surface area contributed by atoms with E-state index >= 15 is 0 Å². The fourth-order valence-electron chi connectivity index (χ4n) is 3.45. The van der Waals surface area contributed by atoms with Crippen molar-refractivity contribution in [3.05, 3.63) is 65.2 Å². The molecule has 0 fully saturated rings. The summed E-state index contributed by atoms with van der Waals surface area (Å²) in [5, 5.41) is 0. The lowest BCUT2D eigenvalue weighted by atomic mass is 10.0. The molecule has 0 saturated heterocycles. The van der Waals surface area contributed by atoms with Crippen molar-refractivity contribution in [2.45, 2.75) is 83.8 Å². The normalized spacial score (nSPS) is 13.2. The number of unbranched alkanes of at least 4 members (excludes halogenated alkanes) is 6. The van der Waals surface area contributed by atoms with E-state index in [9.17, 15) is 22.0 Å². The van der Waals surface area contributed by atoms with Gasteiger partial charge in [0.25, 0.3) is 0 Å². The Labute approximate surface area is 186 Å². The van der Waals surface area contributed by atoms with Gasteiger partial charge in [0.15, 0.2) is 0 Å². The Morgan fingerprint density at radius 2 is 1.31 bits per heavy atom. The summed E-state index contributed by atoms with van der Waals surface area (Å²) in [5.74, 6) is -0.420.